The number of rotatable bonds is 9. The fourth-order valence-electron chi connectivity index (χ4n) is 3.81. The van der Waals surface area contributed by atoms with Gasteiger partial charge in [-0.2, -0.15) is 0 Å². The van der Waals surface area contributed by atoms with Crippen molar-refractivity contribution in [3.8, 4) is 0 Å². The Hall–Kier alpha value is -1.05. The summed E-state index contributed by atoms with van der Waals surface area (Å²) in [6.07, 6.45) is 14.1. The summed E-state index contributed by atoms with van der Waals surface area (Å²) in [5.41, 5.74) is 0. The molecule has 0 aromatic rings. The predicted octanol–water partition coefficient (Wildman–Crippen LogP) is 5.50. The maximum Gasteiger partial charge on any atom is 0.224 e. The zero-order chi connectivity index (χ0) is 17.2. The Morgan fingerprint density at radius 1 is 1.35 bits per heavy atom. The maximum atomic E-state index is 11.9. The van der Waals surface area contributed by atoms with Gasteiger partial charge in [0.05, 0.1) is 0 Å². The van der Waals surface area contributed by atoms with Crippen LogP contribution in [0.25, 0.3) is 0 Å². The quantitative estimate of drug-likeness (QED) is 0.558. The van der Waals surface area contributed by atoms with E-state index in [-0.39, 0.29) is 11.9 Å². The zero-order valence-electron chi connectivity index (χ0n) is 15.7. The zero-order valence-corrected chi connectivity index (χ0v) is 15.7. The first-order valence-corrected chi connectivity index (χ1v) is 9.56. The molecule has 4 atom stereocenters. The number of allylic oxidation sites excluding steroid dienone is 1. The Morgan fingerprint density at radius 3 is 2.70 bits per heavy atom. The summed E-state index contributed by atoms with van der Waals surface area (Å²) in [5, 5.41) is 3.15. The number of nitrogens with one attached hydrogen (secondary N) is 1. The second-order valence-corrected chi connectivity index (χ2v) is 7.68. The first-order chi connectivity index (χ1) is 11.0. The molecule has 0 spiro atoms. The van der Waals surface area contributed by atoms with Crippen LogP contribution in [-0.4, -0.2) is 11.9 Å². The smallest absolute Gasteiger partial charge is 0.224 e. The normalized spacial score (nSPS) is 26.4. The lowest BCUT2D eigenvalue weighted by atomic mass is 9.70. The Bertz CT molecular complexity index is 385. The number of carbonyl (C=O) groups is 1. The Balaban J connectivity index is 2.71. The summed E-state index contributed by atoms with van der Waals surface area (Å²) in [6.45, 7) is 12.9. The van der Waals surface area contributed by atoms with E-state index in [1.54, 1.807) is 6.08 Å². The van der Waals surface area contributed by atoms with Gasteiger partial charge in [0.1, 0.15) is 0 Å². The molecule has 1 saturated carbocycles. The van der Waals surface area contributed by atoms with Gasteiger partial charge in [-0.05, 0) is 42.9 Å². The molecule has 23 heavy (non-hydrogen) atoms. The second kappa shape index (κ2) is 10.7. The van der Waals surface area contributed by atoms with Crippen LogP contribution in [0.4, 0.5) is 0 Å². The van der Waals surface area contributed by atoms with Crippen molar-refractivity contribution in [3.63, 3.8) is 0 Å². The van der Waals surface area contributed by atoms with E-state index >= 15 is 0 Å². The Labute approximate surface area is 143 Å². The summed E-state index contributed by atoms with van der Waals surface area (Å²) < 4.78 is 0. The average Bonchev–Trinajstić information content (AvgIpc) is 2.50. The van der Waals surface area contributed by atoms with Gasteiger partial charge in [0.2, 0.25) is 5.91 Å². The Morgan fingerprint density at radius 2 is 2.09 bits per heavy atom. The molecule has 1 rings (SSSR count). The third-order valence-corrected chi connectivity index (χ3v) is 5.21. The highest BCUT2D eigenvalue weighted by Crippen LogP contribution is 2.38. The molecule has 2 heteroatoms. The van der Waals surface area contributed by atoms with Gasteiger partial charge in [0, 0.05) is 12.5 Å². The van der Waals surface area contributed by atoms with Gasteiger partial charge in [-0.1, -0.05) is 65.2 Å². The number of unbranched alkanes of at least 4 members (excludes halogenated alkanes) is 1. The molecule has 1 fully saturated rings. The first-order valence-electron chi connectivity index (χ1n) is 9.56. The summed E-state index contributed by atoms with van der Waals surface area (Å²) in [7, 11) is 0. The lowest BCUT2D eigenvalue weighted by Gasteiger charge is -2.36. The van der Waals surface area contributed by atoms with Crippen molar-refractivity contribution in [2.75, 3.05) is 0 Å². The van der Waals surface area contributed by atoms with E-state index in [0.717, 1.165) is 37.0 Å². The van der Waals surface area contributed by atoms with Gasteiger partial charge in [0.25, 0.3) is 0 Å². The standard InChI is InChI=1S/C21H37NO/c1-6-8-10-19(22-21(23)9-7-2)13-12-18-15-17(5)11-14-20(18)16(3)4/h7,12-13,16-20H,2,6,8-11,14-15H2,1,3-5H3,(H,22,23)/b13-12+/t17-,18-,19-,20+/m1/s1. The molecule has 0 saturated heterocycles. The molecular formula is C21H37NO. The average molecular weight is 320 g/mol. The van der Waals surface area contributed by atoms with Crippen LogP contribution in [0.5, 0.6) is 0 Å². The van der Waals surface area contributed by atoms with E-state index in [2.05, 4.69) is 51.7 Å². The van der Waals surface area contributed by atoms with E-state index in [4.69, 9.17) is 0 Å². The fourth-order valence-corrected chi connectivity index (χ4v) is 3.81. The highest BCUT2D eigenvalue weighted by Gasteiger charge is 2.29. The van der Waals surface area contributed by atoms with E-state index in [1.165, 1.54) is 19.3 Å². The van der Waals surface area contributed by atoms with Crippen molar-refractivity contribution in [3.05, 3.63) is 24.8 Å². The van der Waals surface area contributed by atoms with Gasteiger partial charge in [0.15, 0.2) is 0 Å². The van der Waals surface area contributed by atoms with Crippen LogP contribution in [0.3, 0.4) is 0 Å². The van der Waals surface area contributed by atoms with Gasteiger partial charge >= 0.3 is 0 Å². The van der Waals surface area contributed by atoms with Crippen molar-refractivity contribution in [1.29, 1.82) is 0 Å². The van der Waals surface area contributed by atoms with Gasteiger partial charge in [-0.25, -0.2) is 0 Å². The monoisotopic (exact) mass is 319 g/mol. The topological polar surface area (TPSA) is 29.1 Å². The molecule has 1 aliphatic rings. The van der Waals surface area contributed by atoms with Crippen LogP contribution < -0.4 is 5.32 Å². The van der Waals surface area contributed by atoms with Gasteiger partial charge in [-0.15, -0.1) is 6.58 Å². The minimum Gasteiger partial charge on any atom is -0.350 e. The van der Waals surface area contributed by atoms with Crippen LogP contribution in [0, 0.1) is 23.7 Å². The van der Waals surface area contributed by atoms with E-state index in [0.29, 0.717) is 12.3 Å². The van der Waals surface area contributed by atoms with E-state index < -0.39 is 0 Å². The van der Waals surface area contributed by atoms with E-state index in [9.17, 15) is 4.79 Å². The molecule has 0 aromatic heterocycles. The molecule has 0 heterocycles. The highest BCUT2D eigenvalue weighted by atomic mass is 16.1. The Kier molecular flexibility index (Phi) is 9.28. The van der Waals surface area contributed by atoms with Crippen LogP contribution in [0.15, 0.2) is 24.8 Å². The molecule has 0 aliphatic heterocycles. The van der Waals surface area contributed by atoms with Crippen molar-refractivity contribution < 1.29 is 4.79 Å². The molecule has 0 bridgehead atoms. The molecule has 0 aromatic carbocycles. The maximum absolute atomic E-state index is 11.9. The van der Waals surface area contributed by atoms with Crippen molar-refractivity contribution in [1.82, 2.24) is 5.32 Å². The first kappa shape index (κ1) is 20.0. The highest BCUT2D eigenvalue weighted by molar-refractivity contribution is 5.77. The summed E-state index contributed by atoms with van der Waals surface area (Å²) in [5.74, 6) is 3.10. The molecule has 0 unspecified atom stereocenters. The fraction of sp³-hybridized carbons (Fsp3) is 0.762. The number of hydrogen-bond acceptors (Lipinski definition) is 1. The van der Waals surface area contributed by atoms with Crippen LogP contribution in [-0.2, 0) is 4.79 Å². The summed E-state index contributed by atoms with van der Waals surface area (Å²) in [4.78, 5) is 11.9. The van der Waals surface area contributed by atoms with E-state index in [1.807, 2.05) is 0 Å². The van der Waals surface area contributed by atoms with Crippen molar-refractivity contribution in [2.24, 2.45) is 23.7 Å². The molecule has 132 valence electrons. The molecular weight excluding hydrogens is 282 g/mol. The summed E-state index contributed by atoms with van der Waals surface area (Å²) in [6, 6.07) is 0.174. The van der Waals surface area contributed by atoms with Gasteiger partial charge in [-0.3, -0.25) is 4.79 Å². The predicted molar refractivity (Wildman–Crippen MR) is 100 cm³/mol. The lowest BCUT2D eigenvalue weighted by Crippen LogP contribution is -2.33. The number of hydrogen-bond donors (Lipinski definition) is 1. The second-order valence-electron chi connectivity index (χ2n) is 7.68. The molecule has 1 aliphatic carbocycles. The molecule has 1 amide bonds. The van der Waals surface area contributed by atoms with Crippen LogP contribution in [0.1, 0.15) is 72.6 Å². The third-order valence-electron chi connectivity index (χ3n) is 5.21. The van der Waals surface area contributed by atoms with Crippen molar-refractivity contribution in [2.45, 2.75) is 78.7 Å². The molecule has 1 N–H and O–H groups in total. The van der Waals surface area contributed by atoms with Gasteiger partial charge < -0.3 is 5.32 Å². The molecule has 0 radical (unpaired) electrons. The lowest BCUT2D eigenvalue weighted by molar-refractivity contribution is -0.120. The third kappa shape index (κ3) is 7.37. The van der Waals surface area contributed by atoms with Crippen LogP contribution >= 0.6 is 0 Å². The summed E-state index contributed by atoms with van der Waals surface area (Å²) >= 11 is 0. The number of amides is 1. The number of carbonyl (C=O) groups excluding carboxylic acids is 1. The van der Waals surface area contributed by atoms with Crippen LogP contribution in [0.2, 0.25) is 0 Å². The molecule has 2 nitrogen and oxygen atoms in total. The SMILES string of the molecule is C=CCC(=O)N[C@@H](/C=C/[C@@H]1C[C@H](C)CC[C@H]1C(C)C)CCCC. The minimum absolute atomic E-state index is 0.0863. The minimum atomic E-state index is 0.0863. The van der Waals surface area contributed by atoms with Crippen molar-refractivity contribution >= 4 is 5.91 Å². The largest absolute Gasteiger partial charge is 0.350 e.